The molecule has 0 fully saturated rings. The number of benzene rings is 1. The second kappa shape index (κ2) is 7.61. The Labute approximate surface area is 132 Å². The average Bonchev–Trinajstić information content (AvgIpc) is 2.38. The van der Waals surface area contributed by atoms with Crippen molar-refractivity contribution in [1.29, 1.82) is 0 Å². The fourth-order valence-corrected chi connectivity index (χ4v) is 1.96. The molecule has 0 heterocycles. The van der Waals surface area contributed by atoms with Crippen molar-refractivity contribution in [3.63, 3.8) is 0 Å². The number of rotatable bonds is 5. The van der Waals surface area contributed by atoms with E-state index in [1.54, 1.807) is 26.8 Å². The fourth-order valence-electron chi connectivity index (χ4n) is 1.96. The van der Waals surface area contributed by atoms with E-state index in [2.05, 4.69) is 5.32 Å². The van der Waals surface area contributed by atoms with Gasteiger partial charge in [0.25, 0.3) is 0 Å². The predicted octanol–water partition coefficient (Wildman–Crippen LogP) is 2.61. The number of hydrogen-bond acceptors (Lipinski definition) is 4. The van der Waals surface area contributed by atoms with Gasteiger partial charge in [-0.1, -0.05) is 18.2 Å². The van der Waals surface area contributed by atoms with E-state index >= 15 is 0 Å². The van der Waals surface area contributed by atoms with Gasteiger partial charge in [-0.05, 0) is 57.7 Å². The molecule has 22 heavy (non-hydrogen) atoms. The van der Waals surface area contributed by atoms with Gasteiger partial charge in [-0.15, -0.1) is 0 Å². The van der Waals surface area contributed by atoms with Gasteiger partial charge in [0.1, 0.15) is 11.7 Å². The minimum Gasteiger partial charge on any atom is -0.444 e. The van der Waals surface area contributed by atoms with Crippen LogP contribution in [-0.2, 0) is 4.74 Å². The van der Waals surface area contributed by atoms with Crippen molar-refractivity contribution < 1.29 is 19.7 Å². The summed E-state index contributed by atoms with van der Waals surface area (Å²) in [5.74, 6) is 0. The van der Waals surface area contributed by atoms with Crippen LogP contribution in [0, 0.1) is 13.8 Å². The molecule has 5 heteroatoms. The van der Waals surface area contributed by atoms with Gasteiger partial charge in [0.05, 0.1) is 6.10 Å². The molecular formula is C17H27NO4. The smallest absolute Gasteiger partial charge is 0.407 e. The molecule has 1 amide bonds. The van der Waals surface area contributed by atoms with E-state index in [1.165, 1.54) is 0 Å². The molecule has 0 saturated heterocycles. The first-order chi connectivity index (χ1) is 10.1. The molecule has 0 bridgehead atoms. The van der Waals surface area contributed by atoms with Gasteiger partial charge in [-0.3, -0.25) is 0 Å². The zero-order valence-corrected chi connectivity index (χ0v) is 14.0. The number of ether oxygens (including phenoxy) is 1. The van der Waals surface area contributed by atoms with Crippen LogP contribution in [0.3, 0.4) is 0 Å². The summed E-state index contributed by atoms with van der Waals surface area (Å²) in [4.78, 5) is 11.5. The van der Waals surface area contributed by atoms with Gasteiger partial charge in [0.2, 0.25) is 0 Å². The molecule has 5 nitrogen and oxygen atoms in total. The summed E-state index contributed by atoms with van der Waals surface area (Å²) in [5.41, 5.74) is 2.32. The number of nitrogens with one attached hydrogen (secondary N) is 1. The van der Waals surface area contributed by atoms with Crippen molar-refractivity contribution in [2.24, 2.45) is 0 Å². The van der Waals surface area contributed by atoms with Crippen LogP contribution in [0.25, 0.3) is 0 Å². The van der Waals surface area contributed by atoms with E-state index in [-0.39, 0.29) is 13.0 Å². The Balaban J connectivity index is 2.46. The maximum absolute atomic E-state index is 11.5. The molecule has 0 aliphatic rings. The summed E-state index contributed by atoms with van der Waals surface area (Å²) in [6.07, 6.45) is -2.20. The number of aliphatic hydroxyl groups excluding tert-OH is 2. The first kappa shape index (κ1) is 18.5. The van der Waals surface area contributed by atoms with Crippen LogP contribution >= 0.6 is 0 Å². The molecule has 0 radical (unpaired) electrons. The highest BCUT2D eigenvalue weighted by molar-refractivity contribution is 5.67. The maximum Gasteiger partial charge on any atom is 0.407 e. The van der Waals surface area contributed by atoms with Crippen molar-refractivity contribution in [2.75, 3.05) is 6.54 Å². The summed E-state index contributed by atoms with van der Waals surface area (Å²) in [7, 11) is 0. The van der Waals surface area contributed by atoms with Crippen LogP contribution < -0.4 is 5.32 Å². The third-order valence-electron chi connectivity index (χ3n) is 3.35. The van der Waals surface area contributed by atoms with E-state index in [1.807, 2.05) is 26.0 Å². The lowest BCUT2D eigenvalue weighted by molar-refractivity contribution is 0.0123. The monoisotopic (exact) mass is 309 g/mol. The van der Waals surface area contributed by atoms with Gasteiger partial charge in [-0.25, -0.2) is 4.79 Å². The second-order valence-electron chi connectivity index (χ2n) is 6.57. The highest BCUT2D eigenvalue weighted by atomic mass is 16.6. The molecule has 0 aromatic heterocycles. The Bertz CT molecular complexity index is 508. The zero-order valence-electron chi connectivity index (χ0n) is 14.0. The molecule has 1 rings (SSSR count). The summed E-state index contributed by atoms with van der Waals surface area (Å²) >= 11 is 0. The number of alkyl carbamates (subject to hydrolysis) is 1. The van der Waals surface area contributed by atoms with Crippen molar-refractivity contribution in [3.8, 4) is 0 Å². The summed E-state index contributed by atoms with van der Waals surface area (Å²) in [5, 5.41) is 22.8. The van der Waals surface area contributed by atoms with Crippen molar-refractivity contribution in [3.05, 3.63) is 34.9 Å². The Hall–Kier alpha value is -1.59. The van der Waals surface area contributed by atoms with Gasteiger partial charge >= 0.3 is 6.09 Å². The predicted molar refractivity (Wildman–Crippen MR) is 85.7 cm³/mol. The Morgan fingerprint density at radius 3 is 2.41 bits per heavy atom. The van der Waals surface area contributed by atoms with Crippen LogP contribution in [-0.4, -0.2) is 34.6 Å². The number of aliphatic hydroxyl groups is 2. The van der Waals surface area contributed by atoms with Gasteiger partial charge in [-0.2, -0.15) is 0 Å². The van der Waals surface area contributed by atoms with Crippen molar-refractivity contribution >= 4 is 6.09 Å². The minimum atomic E-state index is -0.972. The number of carbonyl (C=O) groups is 1. The van der Waals surface area contributed by atoms with E-state index in [0.29, 0.717) is 5.56 Å². The zero-order chi connectivity index (χ0) is 16.9. The lowest BCUT2D eigenvalue weighted by Crippen LogP contribution is -2.34. The molecule has 2 unspecified atom stereocenters. The lowest BCUT2D eigenvalue weighted by atomic mass is 9.98. The van der Waals surface area contributed by atoms with Crippen LogP contribution in [0.2, 0.25) is 0 Å². The van der Waals surface area contributed by atoms with E-state index < -0.39 is 23.9 Å². The third-order valence-corrected chi connectivity index (χ3v) is 3.35. The molecule has 1 aromatic rings. The molecule has 0 saturated carbocycles. The van der Waals surface area contributed by atoms with Gasteiger partial charge in [0.15, 0.2) is 0 Å². The molecule has 0 aliphatic carbocycles. The number of carbonyl (C=O) groups excluding carboxylic acids is 1. The van der Waals surface area contributed by atoms with Crippen LogP contribution in [0.1, 0.15) is 50.0 Å². The average molecular weight is 309 g/mol. The van der Waals surface area contributed by atoms with Crippen molar-refractivity contribution in [2.45, 2.75) is 58.8 Å². The molecule has 3 N–H and O–H groups in total. The van der Waals surface area contributed by atoms with E-state index in [0.717, 1.165) is 11.1 Å². The Kier molecular flexibility index (Phi) is 6.38. The molecule has 0 aliphatic heterocycles. The molecular weight excluding hydrogens is 282 g/mol. The molecule has 124 valence electrons. The first-order valence-electron chi connectivity index (χ1n) is 7.50. The normalized spacial score (nSPS) is 14.3. The number of hydrogen-bond donors (Lipinski definition) is 3. The summed E-state index contributed by atoms with van der Waals surface area (Å²) in [6, 6.07) is 5.58. The highest BCUT2D eigenvalue weighted by Gasteiger charge is 2.20. The minimum absolute atomic E-state index is 0.234. The first-order valence-corrected chi connectivity index (χ1v) is 7.50. The molecule has 0 spiro atoms. The second-order valence-corrected chi connectivity index (χ2v) is 6.57. The summed E-state index contributed by atoms with van der Waals surface area (Å²) in [6.45, 7) is 9.54. The quantitative estimate of drug-likeness (QED) is 0.781. The largest absolute Gasteiger partial charge is 0.444 e. The van der Waals surface area contributed by atoms with Crippen LogP contribution in [0.15, 0.2) is 18.2 Å². The van der Waals surface area contributed by atoms with Crippen LogP contribution in [0.4, 0.5) is 4.79 Å². The van der Waals surface area contributed by atoms with Crippen LogP contribution in [0.5, 0.6) is 0 Å². The SMILES string of the molecule is Cc1ccc(C(O)C(O)CCNC(=O)OC(C)(C)C)cc1C. The van der Waals surface area contributed by atoms with Gasteiger partial charge < -0.3 is 20.3 Å². The number of aryl methyl sites for hydroxylation is 2. The van der Waals surface area contributed by atoms with Gasteiger partial charge in [0, 0.05) is 6.54 Å². The van der Waals surface area contributed by atoms with E-state index in [9.17, 15) is 15.0 Å². The third kappa shape index (κ3) is 6.03. The molecule has 1 aromatic carbocycles. The maximum atomic E-state index is 11.5. The van der Waals surface area contributed by atoms with Crippen molar-refractivity contribution in [1.82, 2.24) is 5.32 Å². The standard InChI is InChI=1S/C17H27NO4/c1-11-6-7-13(10-12(11)2)15(20)14(19)8-9-18-16(21)22-17(3,4)5/h6-7,10,14-15,19-20H,8-9H2,1-5H3,(H,18,21). The lowest BCUT2D eigenvalue weighted by Gasteiger charge is -2.21. The summed E-state index contributed by atoms with van der Waals surface area (Å²) < 4.78 is 5.10. The highest BCUT2D eigenvalue weighted by Crippen LogP contribution is 2.21. The Morgan fingerprint density at radius 2 is 1.86 bits per heavy atom. The number of amides is 1. The topological polar surface area (TPSA) is 78.8 Å². The Morgan fingerprint density at radius 1 is 1.23 bits per heavy atom. The van der Waals surface area contributed by atoms with E-state index in [4.69, 9.17) is 4.74 Å². The molecule has 2 atom stereocenters. The fraction of sp³-hybridized carbons (Fsp3) is 0.588.